The molecule has 1 aromatic heterocycles. The minimum atomic E-state index is -0.277. The molecule has 0 aliphatic carbocycles. The third kappa shape index (κ3) is 4.17. The predicted molar refractivity (Wildman–Crippen MR) is 57.5 cm³/mol. The van der Waals surface area contributed by atoms with Gasteiger partial charge in [0.15, 0.2) is 0 Å². The lowest BCUT2D eigenvalue weighted by Crippen LogP contribution is -2.16. The molecule has 2 unspecified atom stereocenters. The van der Waals surface area contributed by atoms with Gasteiger partial charge < -0.3 is 9.84 Å². The van der Waals surface area contributed by atoms with E-state index >= 15 is 0 Å². The van der Waals surface area contributed by atoms with Gasteiger partial charge in [0, 0.05) is 31.2 Å². The summed E-state index contributed by atoms with van der Waals surface area (Å²) in [6, 6.07) is 0. The quantitative estimate of drug-likeness (QED) is 0.785. The lowest BCUT2D eigenvalue weighted by molar-refractivity contribution is 0.102. The van der Waals surface area contributed by atoms with Crippen molar-refractivity contribution in [1.82, 2.24) is 4.98 Å². The minimum absolute atomic E-state index is 0.277. The van der Waals surface area contributed by atoms with Crippen LogP contribution in [0.15, 0.2) is 11.7 Å². The monoisotopic (exact) mass is 215 g/mol. The molecule has 0 saturated carbocycles. The second kappa shape index (κ2) is 6.11. The summed E-state index contributed by atoms with van der Waals surface area (Å²) >= 11 is 1.59. The van der Waals surface area contributed by atoms with Gasteiger partial charge in [-0.15, -0.1) is 11.3 Å². The molecule has 80 valence electrons. The number of ether oxygens (including phenoxy) is 1. The summed E-state index contributed by atoms with van der Waals surface area (Å²) < 4.78 is 5.02. The first-order chi connectivity index (χ1) is 6.72. The number of hydrogen-bond acceptors (Lipinski definition) is 4. The first-order valence-electron chi connectivity index (χ1n) is 4.76. The van der Waals surface area contributed by atoms with E-state index in [9.17, 15) is 5.11 Å². The van der Waals surface area contributed by atoms with Crippen LogP contribution in [0.3, 0.4) is 0 Å². The Bertz CT molecular complexity index is 238. The van der Waals surface area contributed by atoms with E-state index in [0.29, 0.717) is 18.9 Å². The van der Waals surface area contributed by atoms with Gasteiger partial charge in [0.05, 0.1) is 11.6 Å². The van der Waals surface area contributed by atoms with Crippen LogP contribution in [0.4, 0.5) is 0 Å². The molecule has 1 heterocycles. The minimum Gasteiger partial charge on any atom is -0.393 e. The summed E-state index contributed by atoms with van der Waals surface area (Å²) in [6.45, 7) is 2.79. The number of methoxy groups -OCH3 is 1. The second-order valence-electron chi connectivity index (χ2n) is 3.62. The normalized spacial score (nSPS) is 15.4. The highest BCUT2D eigenvalue weighted by Crippen LogP contribution is 2.14. The summed E-state index contributed by atoms with van der Waals surface area (Å²) in [7, 11) is 1.69. The molecule has 3 nitrogen and oxygen atoms in total. The van der Waals surface area contributed by atoms with Crippen molar-refractivity contribution in [3.63, 3.8) is 0 Å². The Morgan fingerprint density at radius 1 is 1.64 bits per heavy atom. The fraction of sp³-hybridized carbons (Fsp3) is 0.700. The summed E-state index contributed by atoms with van der Waals surface area (Å²) in [5.74, 6) is 0.405. The van der Waals surface area contributed by atoms with Crippen molar-refractivity contribution in [2.24, 2.45) is 5.92 Å². The lowest BCUT2D eigenvalue weighted by atomic mass is 10.0. The molecule has 14 heavy (non-hydrogen) atoms. The number of hydrogen-bond donors (Lipinski definition) is 1. The molecule has 0 aliphatic heterocycles. The summed E-state index contributed by atoms with van der Waals surface area (Å²) in [5.41, 5.74) is 1.79. The van der Waals surface area contributed by atoms with Crippen LogP contribution in [0.5, 0.6) is 0 Å². The van der Waals surface area contributed by atoms with Crippen molar-refractivity contribution in [2.75, 3.05) is 13.7 Å². The highest BCUT2D eigenvalue weighted by molar-refractivity contribution is 7.09. The van der Waals surface area contributed by atoms with E-state index in [1.807, 2.05) is 6.20 Å². The molecule has 0 fully saturated rings. The van der Waals surface area contributed by atoms with Crippen molar-refractivity contribution < 1.29 is 9.84 Å². The first-order valence-corrected chi connectivity index (χ1v) is 5.64. The van der Waals surface area contributed by atoms with Gasteiger partial charge in [0.25, 0.3) is 0 Å². The SMILES string of the molecule is COCC(C)CC(O)Cc1cncs1. The van der Waals surface area contributed by atoms with Crippen molar-refractivity contribution in [2.45, 2.75) is 25.9 Å². The van der Waals surface area contributed by atoms with Crippen LogP contribution in [-0.4, -0.2) is 29.9 Å². The van der Waals surface area contributed by atoms with Crippen LogP contribution < -0.4 is 0 Å². The number of aliphatic hydroxyl groups excluding tert-OH is 1. The fourth-order valence-corrected chi connectivity index (χ4v) is 2.14. The van der Waals surface area contributed by atoms with Crippen LogP contribution in [0, 0.1) is 5.92 Å². The average Bonchev–Trinajstić information content (AvgIpc) is 2.56. The van der Waals surface area contributed by atoms with E-state index in [0.717, 1.165) is 11.3 Å². The Morgan fingerprint density at radius 3 is 3.00 bits per heavy atom. The van der Waals surface area contributed by atoms with Crippen molar-refractivity contribution in [3.8, 4) is 0 Å². The molecule has 1 aromatic rings. The van der Waals surface area contributed by atoms with E-state index in [1.54, 1.807) is 24.0 Å². The van der Waals surface area contributed by atoms with E-state index < -0.39 is 0 Å². The average molecular weight is 215 g/mol. The Hall–Kier alpha value is -0.450. The van der Waals surface area contributed by atoms with E-state index in [-0.39, 0.29) is 6.10 Å². The fourth-order valence-electron chi connectivity index (χ4n) is 1.48. The molecular weight excluding hydrogens is 198 g/mol. The second-order valence-corrected chi connectivity index (χ2v) is 4.59. The highest BCUT2D eigenvalue weighted by Gasteiger charge is 2.11. The van der Waals surface area contributed by atoms with Crippen LogP contribution in [0.2, 0.25) is 0 Å². The summed E-state index contributed by atoms with van der Waals surface area (Å²) in [5, 5.41) is 9.74. The Morgan fingerprint density at radius 2 is 2.43 bits per heavy atom. The molecule has 0 amide bonds. The maximum atomic E-state index is 9.74. The number of nitrogens with zero attached hydrogens (tertiary/aromatic N) is 1. The molecular formula is C10H17NO2S. The summed E-state index contributed by atoms with van der Waals surface area (Å²) in [4.78, 5) is 5.11. The molecule has 0 radical (unpaired) electrons. The zero-order valence-corrected chi connectivity index (χ0v) is 9.46. The molecule has 0 saturated heterocycles. The molecule has 0 aromatic carbocycles. The van der Waals surface area contributed by atoms with Gasteiger partial charge in [-0.3, -0.25) is 4.98 Å². The van der Waals surface area contributed by atoms with Gasteiger partial charge in [0.1, 0.15) is 0 Å². The summed E-state index contributed by atoms with van der Waals surface area (Å²) in [6.07, 6.45) is 3.03. The first kappa shape index (κ1) is 11.6. The molecule has 2 atom stereocenters. The molecule has 1 rings (SSSR count). The third-order valence-electron chi connectivity index (χ3n) is 2.05. The molecule has 0 aliphatic rings. The van der Waals surface area contributed by atoms with Crippen molar-refractivity contribution >= 4 is 11.3 Å². The number of rotatable bonds is 6. The molecule has 0 spiro atoms. The molecule has 1 N–H and O–H groups in total. The highest BCUT2D eigenvalue weighted by atomic mass is 32.1. The maximum Gasteiger partial charge on any atom is 0.0794 e. The van der Waals surface area contributed by atoms with Gasteiger partial charge in [-0.25, -0.2) is 0 Å². The van der Waals surface area contributed by atoms with Crippen molar-refractivity contribution in [3.05, 3.63) is 16.6 Å². The number of aliphatic hydroxyl groups is 1. The maximum absolute atomic E-state index is 9.74. The van der Waals surface area contributed by atoms with Crippen LogP contribution in [-0.2, 0) is 11.2 Å². The van der Waals surface area contributed by atoms with E-state index in [4.69, 9.17) is 4.74 Å². The zero-order chi connectivity index (χ0) is 10.4. The van der Waals surface area contributed by atoms with Crippen LogP contribution in [0.1, 0.15) is 18.2 Å². The van der Waals surface area contributed by atoms with Gasteiger partial charge in [0.2, 0.25) is 0 Å². The van der Waals surface area contributed by atoms with Gasteiger partial charge in [-0.1, -0.05) is 6.92 Å². The van der Waals surface area contributed by atoms with Gasteiger partial charge in [-0.2, -0.15) is 0 Å². The zero-order valence-electron chi connectivity index (χ0n) is 8.64. The van der Waals surface area contributed by atoms with Gasteiger partial charge >= 0.3 is 0 Å². The Labute approximate surface area is 88.8 Å². The largest absolute Gasteiger partial charge is 0.393 e. The molecule has 0 bridgehead atoms. The van der Waals surface area contributed by atoms with Crippen LogP contribution >= 0.6 is 11.3 Å². The predicted octanol–water partition coefficient (Wildman–Crippen LogP) is 1.72. The topological polar surface area (TPSA) is 42.4 Å². The lowest BCUT2D eigenvalue weighted by Gasteiger charge is -2.14. The molecule has 4 heteroatoms. The smallest absolute Gasteiger partial charge is 0.0794 e. The van der Waals surface area contributed by atoms with E-state index in [1.165, 1.54) is 0 Å². The number of aromatic nitrogens is 1. The van der Waals surface area contributed by atoms with Crippen LogP contribution in [0.25, 0.3) is 0 Å². The number of thiazole rings is 1. The Kier molecular flexibility index (Phi) is 5.07. The third-order valence-corrected chi connectivity index (χ3v) is 2.85. The van der Waals surface area contributed by atoms with E-state index in [2.05, 4.69) is 11.9 Å². The van der Waals surface area contributed by atoms with Gasteiger partial charge in [-0.05, 0) is 12.3 Å². The Balaban J connectivity index is 2.25. The van der Waals surface area contributed by atoms with Crippen molar-refractivity contribution in [1.29, 1.82) is 0 Å². The standard InChI is InChI=1S/C10H17NO2S/c1-8(6-13-2)3-9(12)4-10-5-11-7-14-10/h5,7-9,12H,3-4,6H2,1-2H3.